The molecule has 0 amide bonds. The number of furan rings is 1. The minimum Gasteiger partial charge on any atom is -0.455 e. The Bertz CT molecular complexity index is 3090. The number of anilines is 3. The topological polar surface area (TPSA) is 16.4 Å². The molecule has 11 rings (SSSR count). The van der Waals surface area contributed by atoms with Gasteiger partial charge in [0.1, 0.15) is 11.2 Å². The lowest BCUT2D eigenvalue weighted by molar-refractivity contribution is 0.673. The van der Waals surface area contributed by atoms with Gasteiger partial charge in [0.25, 0.3) is 0 Å². The van der Waals surface area contributed by atoms with Crippen molar-refractivity contribution in [3.05, 3.63) is 164 Å². The summed E-state index contributed by atoms with van der Waals surface area (Å²) in [6.07, 6.45) is 0. The SMILES string of the molecule is c1ccc(-c2ccc(N(c3ccc4sc5ccccc5c4c3)c3cccc4sc5ccc6oc7c8ccccc8ccc7c6c5c34)cc2)cc1. The first-order valence-corrected chi connectivity index (χ1v) is 18.5. The molecular weight excluding hydrogens is 647 g/mol. The van der Waals surface area contributed by atoms with E-state index in [-0.39, 0.29) is 0 Å². The van der Waals surface area contributed by atoms with Gasteiger partial charge >= 0.3 is 0 Å². The quantitative estimate of drug-likeness (QED) is 0.185. The minimum atomic E-state index is 0.920. The Morgan fingerprint density at radius 2 is 1.08 bits per heavy atom. The molecule has 0 N–H and O–H groups in total. The van der Waals surface area contributed by atoms with Crippen LogP contribution in [0.1, 0.15) is 0 Å². The first kappa shape index (κ1) is 28.0. The lowest BCUT2D eigenvalue weighted by atomic mass is 10.0. The number of fused-ring (bicyclic) bond motifs is 12. The second-order valence-electron chi connectivity index (χ2n) is 12.9. The maximum absolute atomic E-state index is 6.69. The Hall–Kier alpha value is -5.94. The summed E-state index contributed by atoms with van der Waals surface area (Å²) in [4.78, 5) is 2.45. The number of hydrogen-bond acceptors (Lipinski definition) is 4. The van der Waals surface area contributed by atoms with Crippen LogP contribution in [0.25, 0.3) is 84.2 Å². The zero-order valence-electron chi connectivity index (χ0n) is 26.8. The summed E-state index contributed by atoms with van der Waals surface area (Å²) in [7, 11) is 0. The summed E-state index contributed by atoms with van der Waals surface area (Å²) in [6.45, 7) is 0. The molecule has 0 bridgehead atoms. The molecule has 0 radical (unpaired) electrons. The largest absolute Gasteiger partial charge is 0.455 e. The predicted molar refractivity (Wildman–Crippen MR) is 217 cm³/mol. The van der Waals surface area contributed by atoms with Crippen LogP contribution in [0.3, 0.4) is 0 Å². The highest BCUT2D eigenvalue weighted by Gasteiger charge is 2.23. The molecule has 0 saturated carbocycles. The van der Waals surface area contributed by atoms with Crippen LogP contribution in [0.15, 0.2) is 168 Å². The van der Waals surface area contributed by atoms with Crippen LogP contribution in [-0.4, -0.2) is 0 Å². The average molecular weight is 674 g/mol. The van der Waals surface area contributed by atoms with Crippen molar-refractivity contribution in [2.24, 2.45) is 0 Å². The molecule has 234 valence electrons. The van der Waals surface area contributed by atoms with Gasteiger partial charge in [-0.15, -0.1) is 22.7 Å². The van der Waals surface area contributed by atoms with Crippen molar-refractivity contribution in [1.29, 1.82) is 0 Å². The molecule has 0 aliphatic carbocycles. The van der Waals surface area contributed by atoms with Crippen LogP contribution >= 0.6 is 22.7 Å². The van der Waals surface area contributed by atoms with E-state index >= 15 is 0 Å². The molecule has 0 aliphatic rings. The number of nitrogens with zero attached hydrogens (tertiary/aromatic N) is 1. The Balaban J connectivity index is 1.21. The van der Waals surface area contributed by atoms with Crippen molar-refractivity contribution in [3.8, 4) is 11.1 Å². The maximum Gasteiger partial charge on any atom is 0.143 e. The highest BCUT2D eigenvalue weighted by Crippen LogP contribution is 2.50. The van der Waals surface area contributed by atoms with E-state index in [1.165, 1.54) is 62.2 Å². The fraction of sp³-hybridized carbons (Fsp3) is 0. The summed E-state index contributed by atoms with van der Waals surface area (Å²) >= 11 is 3.71. The molecule has 0 unspecified atom stereocenters. The van der Waals surface area contributed by atoms with Crippen LogP contribution in [0.5, 0.6) is 0 Å². The molecule has 2 nitrogen and oxygen atoms in total. The molecule has 0 saturated heterocycles. The van der Waals surface area contributed by atoms with Crippen molar-refractivity contribution < 1.29 is 4.42 Å². The van der Waals surface area contributed by atoms with E-state index in [0.717, 1.165) is 39.0 Å². The standard InChI is InChI=1S/C46H27NOS2/c1-2-9-28(10-3-1)29-17-20-31(21-18-29)47(32-22-25-40-36(27-32)34-13-6-7-15-39(34)49-40)37-14-8-16-41-44(37)45-42(50-41)26-24-38-43(45)35-23-19-30-11-4-5-12-33(30)46(35)48-38/h1-27H. The van der Waals surface area contributed by atoms with E-state index in [0.29, 0.717) is 0 Å². The first-order chi connectivity index (χ1) is 24.8. The fourth-order valence-corrected chi connectivity index (χ4v) is 10.0. The zero-order chi connectivity index (χ0) is 32.8. The van der Waals surface area contributed by atoms with E-state index in [1.54, 1.807) is 0 Å². The molecule has 3 heterocycles. The van der Waals surface area contributed by atoms with Gasteiger partial charge in [0.2, 0.25) is 0 Å². The lowest BCUT2D eigenvalue weighted by Crippen LogP contribution is -2.10. The average Bonchev–Trinajstić information content (AvgIpc) is 3.87. The minimum absolute atomic E-state index is 0.920. The summed E-state index contributed by atoms with van der Waals surface area (Å²) < 4.78 is 11.8. The predicted octanol–water partition coefficient (Wildman–Crippen LogP) is 14.6. The highest BCUT2D eigenvalue weighted by molar-refractivity contribution is 7.26. The monoisotopic (exact) mass is 673 g/mol. The third-order valence-electron chi connectivity index (χ3n) is 10.1. The normalized spacial score (nSPS) is 12.0. The van der Waals surface area contributed by atoms with Gasteiger partial charge in [0, 0.05) is 67.9 Å². The molecule has 11 aromatic rings. The van der Waals surface area contributed by atoms with E-state index in [1.807, 2.05) is 22.7 Å². The van der Waals surface area contributed by atoms with E-state index < -0.39 is 0 Å². The Labute approximate surface area is 295 Å². The molecule has 3 aromatic heterocycles. The van der Waals surface area contributed by atoms with Gasteiger partial charge in [0.15, 0.2) is 0 Å². The van der Waals surface area contributed by atoms with Gasteiger partial charge < -0.3 is 9.32 Å². The van der Waals surface area contributed by atoms with Gasteiger partial charge in [-0.1, -0.05) is 97.1 Å². The molecule has 0 aliphatic heterocycles. The van der Waals surface area contributed by atoms with Crippen LogP contribution in [0.2, 0.25) is 0 Å². The first-order valence-electron chi connectivity index (χ1n) is 16.8. The Morgan fingerprint density at radius 1 is 0.400 bits per heavy atom. The van der Waals surface area contributed by atoms with Crippen molar-refractivity contribution >= 4 is 113 Å². The summed E-state index contributed by atoms with van der Waals surface area (Å²) in [6, 6.07) is 59.4. The molecular formula is C46H27NOS2. The second kappa shape index (κ2) is 10.8. The van der Waals surface area contributed by atoms with Gasteiger partial charge in [-0.2, -0.15) is 0 Å². The molecule has 0 fully saturated rings. The third kappa shape index (κ3) is 4.13. The fourth-order valence-electron chi connectivity index (χ4n) is 7.78. The van der Waals surface area contributed by atoms with Crippen molar-refractivity contribution in [1.82, 2.24) is 0 Å². The smallest absolute Gasteiger partial charge is 0.143 e. The van der Waals surface area contributed by atoms with Gasteiger partial charge in [-0.05, 0) is 83.2 Å². The molecule has 0 spiro atoms. The van der Waals surface area contributed by atoms with Crippen molar-refractivity contribution in [2.45, 2.75) is 0 Å². The molecule has 50 heavy (non-hydrogen) atoms. The van der Waals surface area contributed by atoms with Crippen molar-refractivity contribution in [2.75, 3.05) is 4.90 Å². The van der Waals surface area contributed by atoms with Crippen LogP contribution in [-0.2, 0) is 0 Å². The van der Waals surface area contributed by atoms with Crippen LogP contribution in [0, 0.1) is 0 Å². The third-order valence-corrected chi connectivity index (χ3v) is 12.3. The second-order valence-corrected chi connectivity index (χ2v) is 15.0. The van der Waals surface area contributed by atoms with Crippen molar-refractivity contribution in [3.63, 3.8) is 0 Å². The summed E-state index contributed by atoms with van der Waals surface area (Å²) in [5.41, 5.74) is 7.69. The van der Waals surface area contributed by atoms with Gasteiger partial charge in [-0.3, -0.25) is 0 Å². The lowest BCUT2D eigenvalue weighted by Gasteiger charge is -2.27. The molecule has 4 heteroatoms. The van der Waals surface area contributed by atoms with E-state index in [4.69, 9.17) is 4.42 Å². The summed E-state index contributed by atoms with van der Waals surface area (Å²) in [5.74, 6) is 0. The van der Waals surface area contributed by atoms with Gasteiger partial charge in [0.05, 0.1) is 5.69 Å². The maximum atomic E-state index is 6.69. The van der Waals surface area contributed by atoms with E-state index in [2.05, 4.69) is 169 Å². The molecule has 8 aromatic carbocycles. The van der Waals surface area contributed by atoms with Crippen LogP contribution < -0.4 is 4.90 Å². The van der Waals surface area contributed by atoms with Gasteiger partial charge in [-0.25, -0.2) is 0 Å². The number of hydrogen-bond donors (Lipinski definition) is 0. The molecule has 0 atom stereocenters. The number of rotatable bonds is 4. The summed E-state index contributed by atoms with van der Waals surface area (Å²) in [5, 5.41) is 9.75. The van der Waals surface area contributed by atoms with E-state index in [9.17, 15) is 0 Å². The number of benzene rings is 8. The zero-order valence-corrected chi connectivity index (χ0v) is 28.4. The highest BCUT2D eigenvalue weighted by atomic mass is 32.1. The Morgan fingerprint density at radius 3 is 1.98 bits per heavy atom. The number of thiophene rings is 2. The Kier molecular flexibility index (Phi) is 6.03. The van der Waals surface area contributed by atoms with Crippen LogP contribution in [0.4, 0.5) is 17.1 Å².